The van der Waals surface area contributed by atoms with Crippen molar-refractivity contribution in [2.24, 2.45) is 5.92 Å². The number of carbonyl (C=O) groups is 3. The molecule has 1 aliphatic heterocycles. The van der Waals surface area contributed by atoms with E-state index < -0.39 is 0 Å². The average molecular weight is 499 g/mol. The number of hydrogen-bond donors (Lipinski definition) is 0. The van der Waals surface area contributed by atoms with E-state index in [9.17, 15) is 14.4 Å². The van der Waals surface area contributed by atoms with Crippen LogP contribution in [0.1, 0.15) is 52.2 Å². The Hall–Kier alpha value is -3.74. The highest BCUT2D eigenvalue weighted by molar-refractivity contribution is 6.06. The fourth-order valence-electron chi connectivity index (χ4n) is 5.92. The number of rotatable bonds is 7. The molecule has 0 spiro atoms. The van der Waals surface area contributed by atoms with Gasteiger partial charge in [-0.25, -0.2) is 0 Å². The van der Waals surface area contributed by atoms with Crippen LogP contribution in [0.15, 0.2) is 67.0 Å². The molecule has 192 valence electrons. The highest BCUT2D eigenvalue weighted by atomic mass is 16.2. The van der Waals surface area contributed by atoms with E-state index in [0.29, 0.717) is 18.7 Å². The van der Waals surface area contributed by atoms with Gasteiger partial charge in [-0.1, -0.05) is 48.5 Å². The molecule has 1 saturated heterocycles. The molecule has 3 aromatic rings. The van der Waals surface area contributed by atoms with Gasteiger partial charge in [0.2, 0.25) is 11.8 Å². The first-order chi connectivity index (χ1) is 17.9. The number of fused-ring (bicyclic) bond motifs is 1. The van der Waals surface area contributed by atoms with Crippen LogP contribution in [-0.4, -0.2) is 63.4 Å². The maximum atomic E-state index is 13.4. The summed E-state index contributed by atoms with van der Waals surface area (Å²) >= 11 is 0. The normalized spacial score (nSPS) is 18.5. The topological polar surface area (TPSA) is 75.5 Å². The van der Waals surface area contributed by atoms with Crippen molar-refractivity contribution in [3.05, 3.63) is 89.2 Å². The summed E-state index contributed by atoms with van der Waals surface area (Å²) in [7, 11) is 1.90. The van der Waals surface area contributed by atoms with Crippen LogP contribution in [0.3, 0.4) is 0 Å². The predicted octanol–water partition coefficient (Wildman–Crippen LogP) is 3.87. The van der Waals surface area contributed by atoms with Crippen LogP contribution in [0, 0.1) is 12.8 Å². The predicted molar refractivity (Wildman–Crippen MR) is 141 cm³/mol. The number of aromatic nitrogens is 2. The van der Waals surface area contributed by atoms with Gasteiger partial charge in [-0.15, -0.1) is 0 Å². The van der Waals surface area contributed by atoms with Gasteiger partial charge in [0.1, 0.15) is 6.54 Å². The third-order valence-electron chi connectivity index (χ3n) is 8.16. The van der Waals surface area contributed by atoms with Crippen molar-refractivity contribution in [2.45, 2.75) is 51.1 Å². The lowest BCUT2D eigenvalue weighted by atomic mass is 9.83. The third kappa shape index (κ3) is 5.22. The highest BCUT2D eigenvalue weighted by Gasteiger charge is 2.39. The molecule has 2 aliphatic rings. The van der Waals surface area contributed by atoms with Crippen LogP contribution < -0.4 is 0 Å². The smallest absolute Gasteiger partial charge is 0.244 e. The minimum absolute atomic E-state index is 0.0233. The Labute approximate surface area is 218 Å². The number of nitrogens with zero attached hydrogens (tertiary/aromatic N) is 4. The van der Waals surface area contributed by atoms with Crippen molar-refractivity contribution < 1.29 is 14.4 Å². The lowest BCUT2D eigenvalue weighted by Crippen LogP contribution is -2.49. The highest BCUT2D eigenvalue weighted by Crippen LogP contribution is 2.36. The number of ketones is 1. The molecule has 1 aromatic heterocycles. The number of benzene rings is 2. The zero-order valence-electron chi connectivity index (χ0n) is 21.5. The average Bonchev–Trinajstić information content (AvgIpc) is 3.55. The summed E-state index contributed by atoms with van der Waals surface area (Å²) in [5.41, 5.74) is 4.01. The molecule has 7 heteroatoms. The van der Waals surface area contributed by atoms with E-state index in [2.05, 4.69) is 24.2 Å². The standard InChI is InChI=1S/C30H34N4O3/c1-21-8-3-4-9-23(21)18-27(32(2)29(36)20-34-15-7-14-31-34)22-12-16-33(17-13-22)30(37)26-19-28(35)25-11-6-5-10-24(25)26/h3-11,14-15,22,26-27H,12-13,16-20H2,1-2H3. The molecule has 1 fully saturated rings. The van der Waals surface area contributed by atoms with Crippen LogP contribution in [-0.2, 0) is 22.6 Å². The number of carbonyl (C=O) groups excluding carboxylic acids is 3. The molecule has 2 atom stereocenters. The number of amides is 2. The first-order valence-electron chi connectivity index (χ1n) is 13.1. The molecule has 0 radical (unpaired) electrons. The second-order valence-electron chi connectivity index (χ2n) is 10.3. The lowest BCUT2D eigenvalue weighted by Gasteiger charge is -2.41. The Bertz CT molecular complexity index is 1280. The van der Waals surface area contributed by atoms with Crippen LogP contribution in [0.2, 0.25) is 0 Å². The van der Waals surface area contributed by atoms with Crippen LogP contribution in [0.4, 0.5) is 0 Å². The maximum absolute atomic E-state index is 13.4. The summed E-state index contributed by atoms with van der Waals surface area (Å²) in [5.74, 6) is 0.0330. The van der Waals surface area contributed by atoms with Crippen molar-refractivity contribution >= 4 is 17.6 Å². The third-order valence-corrected chi connectivity index (χ3v) is 8.16. The van der Waals surface area contributed by atoms with Gasteiger partial charge >= 0.3 is 0 Å². The summed E-state index contributed by atoms with van der Waals surface area (Å²) in [4.78, 5) is 42.9. The first kappa shape index (κ1) is 24.9. The quantitative estimate of drug-likeness (QED) is 0.496. The summed E-state index contributed by atoms with van der Waals surface area (Å²) in [6.07, 6.45) is 6.17. The molecule has 7 nitrogen and oxygen atoms in total. The lowest BCUT2D eigenvalue weighted by molar-refractivity contribution is -0.137. The monoisotopic (exact) mass is 498 g/mol. The van der Waals surface area contributed by atoms with Gasteiger partial charge in [0.15, 0.2) is 5.78 Å². The van der Waals surface area contributed by atoms with Gasteiger partial charge in [0, 0.05) is 50.6 Å². The number of Topliss-reactive ketones (excluding diaryl/α,β-unsaturated/α-hetero) is 1. The minimum Gasteiger partial charge on any atom is -0.342 e. The Kier molecular flexibility index (Phi) is 7.22. The summed E-state index contributed by atoms with van der Waals surface area (Å²) in [6, 6.07) is 17.7. The fraction of sp³-hybridized carbons (Fsp3) is 0.400. The number of piperidine rings is 1. The summed E-state index contributed by atoms with van der Waals surface area (Å²) in [6.45, 7) is 3.60. The van der Waals surface area contributed by atoms with E-state index in [1.807, 2.05) is 59.3 Å². The van der Waals surface area contributed by atoms with E-state index >= 15 is 0 Å². The first-order valence-corrected chi connectivity index (χ1v) is 13.1. The van der Waals surface area contributed by atoms with E-state index in [1.165, 1.54) is 11.1 Å². The Morgan fingerprint density at radius 1 is 1.05 bits per heavy atom. The number of aryl methyl sites for hydroxylation is 1. The number of likely N-dealkylation sites (N-methyl/N-ethyl adjacent to an activating group) is 1. The molecule has 1 aliphatic carbocycles. The second-order valence-corrected chi connectivity index (χ2v) is 10.3. The van der Waals surface area contributed by atoms with Crippen molar-refractivity contribution in [3.63, 3.8) is 0 Å². The Morgan fingerprint density at radius 3 is 2.51 bits per heavy atom. The zero-order chi connectivity index (χ0) is 25.9. The second kappa shape index (κ2) is 10.7. The van der Waals surface area contributed by atoms with Crippen molar-refractivity contribution in [1.82, 2.24) is 19.6 Å². The number of likely N-dealkylation sites (tertiary alicyclic amines) is 1. The van der Waals surface area contributed by atoms with Crippen molar-refractivity contribution in [2.75, 3.05) is 20.1 Å². The Morgan fingerprint density at radius 2 is 1.78 bits per heavy atom. The maximum Gasteiger partial charge on any atom is 0.244 e. The van der Waals surface area contributed by atoms with Gasteiger partial charge in [0.25, 0.3) is 0 Å². The van der Waals surface area contributed by atoms with E-state index in [0.717, 1.165) is 24.8 Å². The zero-order valence-corrected chi connectivity index (χ0v) is 21.5. The van der Waals surface area contributed by atoms with Crippen LogP contribution in [0.5, 0.6) is 0 Å². The molecule has 37 heavy (non-hydrogen) atoms. The van der Waals surface area contributed by atoms with Crippen molar-refractivity contribution in [3.8, 4) is 0 Å². The van der Waals surface area contributed by atoms with E-state index in [4.69, 9.17) is 0 Å². The van der Waals surface area contributed by atoms with Gasteiger partial charge in [-0.2, -0.15) is 5.10 Å². The molecular weight excluding hydrogens is 464 g/mol. The molecule has 2 unspecified atom stereocenters. The van der Waals surface area contributed by atoms with Crippen LogP contribution in [0.25, 0.3) is 0 Å². The molecule has 0 bridgehead atoms. The molecule has 0 N–H and O–H groups in total. The fourth-order valence-corrected chi connectivity index (χ4v) is 5.92. The van der Waals surface area contributed by atoms with Crippen molar-refractivity contribution in [1.29, 1.82) is 0 Å². The molecule has 5 rings (SSSR count). The largest absolute Gasteiger partial charge is 0.342 e. The summed E-state index contributed by atoms with van der Waals surface area (Å²) in [5, 5.41) is 4.20. The Balaban J connectivity index is 1.29. The SMILES string of the molecule is Cc1ccccc1CC(C1CCN(C(=O)C2CC(=O)c3ccccc32)CC1)N(C)C(=O)Cn1cccn1. The van der Waals surface area contributed by atoms with Crippen LogP contribution >= 0.6 is 0 Å². The van der Waals surface area contributed by atoms with E-state index in [1.54, 1.807) is 17.1 Å². The molecule has 0 saturated carbocycles. The summed E-state index contributed by atoms with van der Waals surface area (Å²) < 4.78 is 1.66. The van der Waals surface area contributed by atoms with E-state index in [-0.39, 0.29) is 48.4 Å². The van der Waals surface area contributed by atoms with Gasteiger partial charge in [0.05, 0.1) is 5.92 Å². The van der Waals surface area contributed by atoms with Gasteiger partial charge < -0.3 is 9.80 Å². The minimum atomic E-state index is -0.374. The van der Waals surface area contributed by atoms with Gasteiger partial charge in [-0.3, -0.25) is 19.1 Å². The molecular formula is C30H34N4O3. The molecule has 2 aromatic carbocycles. The number of hydrogen-bond acceptors (Lipinski definition) is 4. The molecule has 2 heterocycles. The van der Waals surface area contributed by atoms with Gasteiger partial charge in [-0.05, 0) is 54.9 Å². The molecule has 2 amide bonds.